The Morgan fingerprint density at radius 2 is 1.93 bits per heavy atom. The minimum Gasteiger partial charge on any atom is -0.355 e. The lowest BCUT2D eigenvalue weighted by Crippen LogP contribution is -2.13. The van der Waals surface area contributed by atoms with Gasteiger partial charge >= 0.3 is 0 Å². The number of rotatable bonds is 5. The molecule has 1 amide bonds. The maximum atomic E-state index is 13.1. The standard InChI is InChI=1S/C22H18ClFN4O2/c1-13-21(14(2)28(26-13)12-15-4-3-5-17(23)10-15)25-22(29)19-11-20(30-27-19)16-6-8-18(24)9-7-16/h3-11H,12H2,1-2H3,(H,25,29). The summed E-state index contributed by atoms with van der Waals surface area (Å²) in [7, 11) is 0. The van der Waals surface area contributed by atoms with Gasteiger partial charge in [-0.25, -0.2) is 4.39 Å². The third-order valence-corrected chi connectivity index (χ3v) is 4.95. The van der Waals surface area contributed by atoms with E-state index in [0.29, 0.717) is 34.3 Å². The molecule has 0 radical (unpaired) electrons. The van der Waals surface area contributed by atoms with E-state index in [1.807, 2.05) is 42.8 Å². The summed E-state index contributed by atoms with van der Waals surface area (Å²) in [5.74, 6) is -0.386. The van der Waals surface area contributed by atoms with Crippen LogP contribution in [0.5, 0.6) is 0 Å². The van der Waals surface area contributed by atoms with E-state index in [-0.39, 0.29) is 11.5 Å². The molecule has 2 heterocycles. The van der Waals surface area contributed by atoms with Gasteiger partial charge in [0.2, 0.25) is 0 Å². The molecular formula is C22H18ClFN4O2. The van der Waals surface area contributed by atoms with Gasteiger partial charge in [0.1, 0.15) is 5.82 Å². The predicted molar refractivity (Wildman–Crippen MR) is 112 cm³/mol. The topological polar surface area (TPSA) is 73.0 Å². The van der Waals surface area contributed by atoms with Gasteiger partial charge in [0, 0.05) is 16.7 Å². The van der Waals surface area contributed by atoms with Crippen LogP contribution in [-0.4, -0.2) is 20.8 Å². The lowest BCUT2D eigenvalue weighted by molar-refractivity contribution is 0.101. The first-order valence-corrected chi connectivity index (χ1v) is 9.61. The lowest BCUT2D eigenvalue weighted by atomic mass is 10.1. The molecule has 0 fully saturated rings. The molecule has 0 aliphatic rings. The van der Waals surface area contributed by atoms with Crippen molar-refractivity contribution in [3.8, 4) is 11.3 Å². The number of halogens is 2. The summed E-state index contributed by atoms with van der Waals surface area (Å²) in [6, 6.07) is 14.8. The molecule has 1 N–H and O–H groups in total. The second-order valence-corrected chi connectivity index (χ2v) is 7.31. The average Bonchev–Trinajstić information content (AvgIpc) is 3.30. The summed E-state index contributed by atoms with van der Waals surface area (Å²) in [6.07, 6.45) is 0. The van der Waals surface area contributed by atoms with E-state index >= 15 is 0 Å². The number of hydrogen-bond donors (Lipinski definition) is 1. The van der Waals surface area contributed by atoms with Crippen LogP contribution in [-0.2, 0) is 6.54 Å². The summed E-state index contributed by atoms with van der Waals surface area (Å²) in [4.78, 5) is 12.7. The van der Waals surface area contributed by atoms with Gasteiger partial charge in [0.15, 0.2) is 11.5 Å². The minimum atomic E-state index is -0.416. The Labute approximate surface area is 177 Å². The van der Waals surface area contributed by atoms with Crippen LogP contribution in [0.15, 0.2) is 59.1 Å². The summed E-state index contributed by atoms with van der Waals surface area (Å²) in [5.41, 5.74) is 3.87. The second-order valence-electron chi connectivity index (χ2n) is 6.87. The van der Waals surface area contributed by atoms with Crippen molar-refractivity contribution in [2.75, 3.05) is 5.32 Å². The van der Waals surface area contributed by atoms with E-state index in [1.54, 1.807) is 12.1 Å². The first-order valence-electron chi connectivity index (χ1n) is 9.23. The molecule has 2 aromatic heterocycles. The summed E-state index contributed by atoms with van der Waals surface area (Å²) >= 11 is 6.06. The van der Waals surface area contributed by atoms with Crippen molar-refractivity contribution < 1.29 is 13.7 Å². The van der Waals surface area contributed by atoms with Crippen LogP contribution in [0.4, 0.5) is 10.1 Å². The summed E-state index contributed by atoms with van der Waals surface area (Å²) < 4.78 is 20.1. The molecule has 6 nitrogen and oxygen atoms in total. The number of nitrogens with one attached hydrogen (secondary N) is 1. The molecule has 4 rings (SSSR count). The molecule has 0 atom stereocenters. The van der Waals surface area contributed by atoms with Crippen molar-refractivity contribution in [3.63, 3.8) is 0 Å². The Kier molecular flexibility index (Phi) is 5.37. The first kappa shape index (κ1) is 19.8. The minimum absolute atomic E-state index is 0.121. The zero-order chi connectivity index (χ0) is 21.3. The molecule has 0 spiro atoms. The molecular weight excluding hydrogens is 407 g/mol. The highest BCUT2D eigenvalue weighted by atomic mass is 35.5. The number of hydrogen-bond acceptors (Lipinski definition) is 4. The number of carbonyl (C=O) groups is 1. The lowest BCUT2D eigenvalue weighted by Gasteiger charge is -2.06. The van der Waals surface area contributed by atoms with E-state index in [0.717, 1.165) is 11.3 Å². The molecule has 152 valence electrons. The Balaban J connectivity index is 1.52. The Morgan fingerprint density at radius 1 is 1.17 bits per heavy atom. The number of anilines is 1. The number of aromatic nitrogens is 3. The third kappa shape index (κ3) is 4.11. The van der Waals surface area contributed by atoms with Gasteiger partial charge in [-0.15, -0.1) is 0 Å². The number of amides is 1. The fourth-order valence-corrected chi connectivity index (χ4v) is 3.36. The van der Waals surface area contributed by atoms with E-state index < -0.39 is 5.91 Å². The zero-order valence-electron chi connectivity index (χ0n) is 16.3. The summed E-state index contributed by atoms with van der Waals surface area (Å²) in [6.45, 7) is 4.23. The van der Waals surface area contributed by atoms with Crippen LogP contribution in [0.2, 0.25) is 5.02 Å². The van der Waals surface area contributed by atoms with Crippen molar-refractivity contribution in [1.29, 1.82) is 0 Å². The Morgan fingerprint density at radius 3 is 2.67 bits per heavy atom. The monoisotopic (exact) mass is 424 g/mol. The van der Waals surface area contributed by atoms with Gasteiger partial charge in [-0.3, -0.25) is 9.48 Å². The molecule has 0 aliphatic heterocycles. The Hall–Kier alpha value is -3.45. The van der Waals surface area contributed by atoms with Crippen molar-refractivity contribution in [1.82, 2.24) is 14.9 Å². The number of benzene rings is 2. The van der Waals surface area contributed by atoms with Crippen LogP contribution in [0.25, 0.3) is 11.3 Å². The summed E-state index contributed by atoms with van der Waals surface area (Å²) in [5, 5.41) is 11.9. The van der Waals surface area contributed by atoms with Gasteiger partial charge in [0.25, 0.3) is 5.91 Å². The van der Waals surface area contributed by atoms with Crippen molar-refractivity contribution in [2.24, 2.45) is 0 Å². The Bertz CT molecular complexity index is 1210. The van der Waals surface area contributed by atoms with Gasteiger partial charge in [-0.05, 0) is 55.8 Å². The van der Waals surface area contributed by atoms with Crippen molar-refractivity contribution in [3.05, 3.63) is 88.1 Å². The fraction of sp³-hybridized carbons (Fsp3) is 0.136. The van der Waals surface area contributed by atoms with Gasteiger partial charge in [-0.1, -0.05) is 28.9 Å². The van der Waals surface area contributed by atoms with Gasteiger partial charge in [-0.2, -0.15) is 5.10 Å². The third-order valence-electron chi connectivity index (χ3n) is 4.71. The smallest absolute Gasteiger partial charge is 0.277 e. The molecule has 30 heavy (non-hydrogen) atoms. The van der Waals surface area contributed by atoms with Crippen LogP contribution in [0.1, 0.15) is 27.4 Å². The maximum Gasteiger partial charge on any atom is 0.277 e. The van der Waals surface area contributed by atoms with Crippen LogP contribution < -0.4 is 5.32 Å². The molecule has 0 bridgehead atoms. The van der Waals surface area contributed by atoms with Crippen LogP contribution >= 0.6 is 11.6 Å². The molecule has 0 saturated carbocycles. The molecule has 8 heteroatoms. The average molecular weight is 425 g/mol. The van der Waals surface area contributed by atoms with E-state index in [9.17, 15) is 9.18 Å². The highest BCUT2D eigenvalue weighted by Gasteiger charge is 2.19. The van der Waals surface area contributed by atoms with Crippen molar-refractivity contribution in [2.45, 2.75) is 20.4 Å². The van der Waals surface area contributed by atoms with Crippen molar-refractivity contribution >= 4 is 23.2 Å². The fourth-order valence-electron chi connectivity index (χ4n) is 3.15. The van der Waals surface area contributed by atoms with Gasteiger partial charge in [0.05, 0.1) is 23.6 Å². The normalized spacial score (nSPS) is 10.9. The SMILES string of the molecule is Cc1nn(Cc2cccc(Cl)c2)c(C)c1NC(=O)c1cc(-c2ccc(F)cc2)on1. The first-order chi connectivity index (χ1) is 14.4. The predicted octanol–water partition coefficient (Wildman–Crippen LogP) is 5.25. The van der Waals surface area contributed by atoms with E-state index in [4.69, 9.17) is 16.1 Å². The number of nitrogens with zero attached hydrogens (tertiary/aromatic N) is 3. The number of carbonyl (C=O) groups excluding carboxylic acids is 1. The molecule has 0 aliphatic carbocycles. The van der Waals surface area contributed by atoms with E-state index in [1.165, 1.54) is 18.2 Å². The molecule has 2 aromatic carbocycles. The van der Waals surface area contributed by atoms with Gasteiger partial charge < -0.3 is 9.84 Å². The maximum absolute atomic E-state index is 13.1. The zero-order valence-corrected chi connectivity index (χ0v) is 17.1. The number of aryl methyl sites for hydroxylation is 1. The highest BCUT2D eigenvalue weighted by molar-refractivity contribution is 6.30. The quantitative estimate of drug-likeness (QED) is 0.475. The molecule has 4 aromatic rings. The molecule has 0 unspecified atom stereocenters. The van der Waals surface area contributed by atoms with Crippen LogP contribution in [0, 0.1) is 19.7 Å². The molecule has 0 saturated heterocycles. The highest BCUT2D eigenvalue weighted by Crippen LogP contribution is 2.24. The largest absolute Gasteiger partial charge is 0.355 e. The second kappa shape index (κ2) is 8.12. The van der Waals surface area contributed by atoms with E-state index in [2.05, 4.69) is 15.6 Å². The van der Waals surface area contributed by atoms with Crippen LogP contribution in [0.3, 0.4) is 0 Å².